The second kappa shape index (κ2) is 9.11. The highest BCUT2D eigenvalue weighted by molar-refractivity contribution is 6.35. The van der Waals surface area contributed by atoms with Crippen LogP contribution in [0.15, 0.2) is 48.5 Å². The third-order valence-electron chi connectivity index (χ3n) is 4.48. The lowest BCUT2D eigenvalue weighted by atomic mass is 10.0. The average molecular weight is 407 g/mol. The zero-order valence-electron chi connectivity index (χ0n) is 14.7. The Balaban J connectivity index is 1.46. The molecule has 1 N–H and O–H groups in total. The fourth-order valence-corrected chi connectivity index (χ4v) is 3.36. The van der Waals surface area contributed by atoms with E-state index in [9.17, 15) is 9.59 Å². The largest absolute Gasteiger partial charge is 0.445 e. The van der Waals surface area contributed by atoms with E-state index in [0.717, 1.165) is 5.56 Å². The number of alkyl carbamates (subject to hydrolysis) is 1. The van der Waals surface area contributed by atoms with Gasteiger partial charge in [-0.3, -0.25) is 4.79 Å². The lowest BCUT2D eigenvalue weighted by molar-refractivity contribution is 0.0701. The van der Waals surface area contributed by atoms with Crippen LogP contribution in [0.4, 0.5) is 4.79 Å². The molecule has 0 aliphatic carbocycles. The quantitative estimate of drug-likeness (QED) is 0.811. The van der Waals surface area contributed by atoms with Gasteiger partial charge >= 0.3 is 6.09 Å². The predicted molar refractivity (Wildman–Crippen MR) is 105 cm³/mol. The first-order chi connectivity index (χ1) is 13.0. The molecule has 2 amide bonds. The molecule has 0 atom stereocenters. The summed E-state index contributed by atoms with van der Waals surface area (Å²) in [7, 11) is 0. The zero-order valence-corrected chi connectivity index (χ0v) is 16.2. The van der Waals surface area contributed by atoms with Gasteiger partial charge in [0.25, 0.3) is 5.91 Å². The van der Waals surface area contributed by atoms with Gasteiger partial charge in [-0.05, 0) is 36.6 Å². The number of benzene rings is 2. The van der Waals surface area contributed by atoms with Crippen molar-refractivity contribution < 1.29 is 14.3 Å². The highest BCUT2D eigenvalue weighted by Gasteiger charge is 2.26. The van der Waals surface area contributed by atoms with Gasteiger partial charge in [0.05, 0.1) is 10.6 Å². The summed E-state index contributed by atoms with van der Waals surface area (Å²) < 4.78 is 5.24. The summed E-state index contributed by atoms with van der Waals surface area (Å²) in [5.41, 5.74) is 1.34. The van der Waals surface area contributed by atoms with Crippen molar-refractivity contribution in [2.24, 2.45) is 0 Å². The number of amides is 2. The van der Waals surface area contributed by atoms with Gasteiger partial charge in [-0.25, -0.2) is 4.79 Å². The van der Waals surface area contributed by atoms with Crippen LogP contribution in [0.3, 0.4) is 0 Å². The maximum atomic E-state index is 12.6. The molecule has 0 aromatic heterocycles. The van der Waals surface area contributed by atoms with Crippen LogP contribution < -0.4 is 5.32 Å². The number of halogens is 2. The Hall–Kier alpha value is -2.24. The van der Waals surface area contributed by atoms with E-state index in [1.54, 1.807) is 23.1 Å². The van der Waals surface area contributed by atoms with E-state index in [1.807, 2.05) is 30.3 Å². The first-order valence-corrected chi connectivity index (χ1v) is 9.50. The molecule has 2 aromatic rings. The summed E-state index contributed by atoms with van der Waals surface area (Å²) in [5.74, 6) is -0.146. The maximum Gasteiger partial charge on any atom is 0.407 e. The molecule has 0 saturated carbocycles. The third-order valence-corrected chi connectivity index (χ3v) is 5.04. The summed E-state index contributed by atoms with van der Waals surface area (Å²) in [6.07, 6.45) is 0.871. The van der Waals surface area contributed by atoms with E-state index in [2.05, 4.69) is 5.32 Å². The molecule has 1 aliphatic rings. The molecule has 142 valence electrons. The summed E-state index contributed by atoms with van der Waals surface area (Å²) in [4.78, 5) is 26.3. The molecule has 1 fully saturated rings. The van der Waals surface area contributed by atoms with E-state index in [4.69, 9.17) is 27.9 Å². The molecule has 0 radical (unpaired) electrons. The van der Waals surface area contributed by atoms with Gasteiger partial charge in [0.1, 0.15) is 6.61 Å². The van der Waals surface area contributed by atoms with Gasteiger partial charge in [-0.15, -0.1) is 0 Å². The van der Waals surface area contributed by atoms with E-state index in [0.29, 0.717) is 41.5 Å². The Kier molecular flexibility index (Phi) is 6.58. The number of nitrogens with zero attached hydrogens (tertiary/aromatic N) is 1. The first-order valence-electron chi connectivity index (χ1n) is 8.74. The SMILES string of the molecule is O=C(NC1CCN(C(=O)c2cc(Cl)ccc2Cl)CC1)OCc1ccccc1. The molecule has 0 unspecified atom stereocenters. The molecule has 7 heteroatoms. The lowest BCUT2D eigenvalue weighted by Crippen LogP contribution is -2.46. The standard InChI is InChI=1S/C20H20Cl2N2O3/c21-15-6-7-18(22)17(12-15)19(25)24-10-8-16(9-11-24)23-20(26)27-13-14-4-2-1-3-5-14/h1-7,12,16H,8-11,13H2,(H,23,26). The molecular formula is C20H20Cl2N2O3. The number of nitrogens with one attached hydrogen (secondary N) is 1. The van der Waals surface area contributed by atoms with Crippen LogP contribution in [-0.2, 0) is 11.3 Å². The summed E-state index contributed by atoms with van der Waals surface area (Å²) in [6.45, 7) is 1.30. The number of hydrogen-bond acceptors (Lipinski definition) is 3. The molecule has 5 nitrogen and oxygen atoms in total. The first kappa shape index (κ1) is 19.5. The number of hydrogen-bond donors (Lipinski definition) is 1. The minimum absolute atomic E-state index is 0.0212. The second-order valence-corrected chi connectivity index (χ2v) is 7.24. The van der Waals surface area contributed by atoms with Crippen LogP contribution in [-0.4, -0.2) is 36.0 Å². The molecule has 1 heterocycles. The Labute approximate surface area is 168 Å². The summed E-state index contributed by atoms with van der Waals surface area (Å²) in [5, 5.41) is 3.72. The fraction of sp³-hybridized carbons (Fsp3) is 0.300. The second-order valence-electron chi connectivity index (χ2n) is 6.40. The molecule has 2 aromatic carbocycles. The van der Waals surface area contributed by atoms with Crippen molar-refractivity contribution >= 4 is 35.2 Å². The Morgan fingerprint density at radius 3 is 2.48 bits per heavy atom. The van der Waals surface area contributed by atoms with E-state index < -0.39 is 6.09 Å². The van der Waals surface area contributed by atoms with Gasteiger partial charge in [0.15, 0.2) is 0 Å². The maximum absolute atomic E-state index is 12.6. The predicted octanol–water partition coefficient (Wildman–Crippen LogP) is 4.52. The van der Waals surface area contributed by atoms with Gasteiger partial charge in [-0.1, -0.05) is 53.5 Å². The van der Waals surface area contributed by atoms with Crippen molar-refractivity contribution in [2.75, 3.05) is 13.1 Å². The van der Waals surface area contributed by atoms with Crippen LogP contribution >= 0.6 is 23.2 Å². The monoisotopic (exact) mass is 406 g/mol. The number of piperidine rings is 1. The van der Waals surface area contributed by atoms with Gasteiger partial charge in [-0.2, -0.15) is 0 Å². The van der Waals surface area contributed by atoms with Crippen LogP contribution in [0.25, 0.3) is 0 Å². The van der Waals surface area contributed by atoms with E-state index in [-0.39, 0.29) is 18.6 Å². The van der Waals surface area contributed by atoms with Crippen LogP contribution in [0.2, 0.25) is 10.0 Å². The van der Waals surface area contributed by atoms with Gasteiger partial charge < -0.3 is 15.0 Å². The Bertz CT molecular complexity index is 806. The van der Waals surface area contributed by atoms with Crippen molar-refractivity contribution in [2.45, 2.75) is 25.5 Å². The third kappa shape index (κ3) is 5.37. The molecule has 27 heavy (non-hydrogen) atoms. The van der Waals surface area contributed by atoms with E-state index >= 15 is 0 Å². The Morgan fingerprint density at radius 2 is 1.78 bits per heavy atom. The topological polar surface area (TPSA) is 58.6 Å². The Morgan fingerprint density at radius 1 is 1.07 bits per heavy atom. The normalized spacial score (nSPS) is 14.7. The minimum atomic E-state index is -0.443. The molecule has 0 bridgehead atoms. The number of likely N-dealkylation sites (tertiary alicyclic amines) is 1. The average Bonchev–Trinajstić information content (AvgIpc) is 2.69. The van der Waals surface area contributed by atoms with Crippen molar-refractivity contribution in [1.29, 1.82) is 0 Å². The van der Waals surface area contributed by atoms with Crippen LogP contribution in [0, 0.1) is 0 Å². The lowest BCUT2D eigenvalue weighted by Gasteiger charge is -2.32. The molecule has 1 aliphatic heterocycles. The molecular weight excluding hydrogens is 387 g/mol. The highest BCUT2D eigenvalue weighted by atomic mass is 35.5. The van der Waals surface area contributed by atoms with Crippen LogP contribution in [0.1, 0.15) is 28.8 Å². The van der Waals surface area contributed by atoms with Crippen molar-refractivity contribution in [3.8, 4) is 0 Å². The molecule has 0 spiro atoms. The van der Waals surface area contributed by atoms with Crippen molar-refractivity contribution in [3.05, 3.63) is 69.7 Å². The van der Waals surface area contributed by atoms with E-state index in [1.165, 1.54) is 0 Å². The number of ether oxygens (including phenoxy) is 1. The fourth-order valence-electron chi connectivity index (χ4n) is 2.99. The number of carbonyl (C=O) groups excluding carboxylic acids is 2. The minimum Gasteiger partial charge on any atom is -0.445 e. The number of carbonyl (C=O) groups is 2. The van der Waals surface area contributed by atoms with Gasteiger partial charge in [0, 0.05) is 24.2 Å². The number of rotatable bonds is 4. The van der Waals surface area contributed by atoms with Crippen molar-refractivity contribution in [1.82, 2.24) is 10.2 Å². The molecule has 1 saturated heterocycles. The van der Waals surface area contributed by atoms with Crippen LogP contribution in [0.5, 0.6) is 0 Å². The summed E-state index contributed by atoms with van der Waals surface area (Å²) >= 11 is 12.1. The zero-order chi connectivity index (χ0) is 19.2. The highest BCUT2D eigenvalue weighted by Crippen LogP contribution is 2.23. The summed E-state index contributed by atoms with van der Waals surface area (Å²) in [6, 6.07) is 14.3. The smallest absolute Gasteiger partial charge is 0.407 e. The van der Waals surface area contributed by atoms with Crippen molar-refractivity contribution in [3.63, 3.8) is 0 Å². The van der Waals surface area contributed by atoms with Gasteiger partial charge in [0.2, 0.25) is 0 Å². The molecule has 3 rings (SSSR count).